The third-order valence-electron chi connectivity index (χ3n) is 4.55. The summed E-state index contributed by atoms with van der Waals surface area (Å²) in [6.45, 7) is 3.24. The molecule has 2 aromatic rings. The molecule has 1 aliphatic rings. The number of nitrogens with zero attached hydrogens (tertiary/aromatic N) is 2. The molecule has 1 heterocycles. The van der Waals surface area contributed by atoms with Gasteiger partial charge in [0.15, 0.2) is 23.8 Å². The fourth-order valence-electron chi connectivity index (χ4n) is 3.03. The number of nitro benzene ring substituents is 1. The average Bonchev–Trinajstić information content (AvgIpc) is 3.12. The van der Waals surface area contributed by atoms with Crippen LogP contribution in [0.3, 0.4) is 0 Å². The summed E-state index contributed by atoms with van der Waals surface area (Å²) in [7, 11) is 1.45. The van der Waals surface area contributed by atoms with Gasteiger partial charge in [-0.05, 0) is 66.3 Å². The quantitative estimate of drug-likeness (QED) is 0.155. The largest absolute Gasteiger partial charge is 0.493 e. The molecule has 172 valence electrons. The number of nitro groups is 1. The average molecular weight is 566 g/mol. The monoisotopic (exact) mass is 566 g/mol. The van der Waals surface area contributed by atoms with E-state index in [0.717, 1.165) is 0 Å². The maximum absolute atomic E-state index is 12.4. The van der Waals surface area contributed by atoms with Crippen LogP contribution >= 0.6 is 22.6 Å². The Hall–Kier alpha value is -3.48. The van der Waals surface area contributed by atoms with Crippen molar-refractivity contribution in [1.29, 1.82) is 0 Å². The highest BCUT2D eigenvalue weighted by atomic mass is 127. The maximum Gasteiger partial charge on any atom is 0.363 e. The van der Waals surface area contributed by atoms with Crippen LogP contribution in [0.15, 0.2) is 41.0 Å². The van der Waals surface area contributed by atoms with Crippen LogP contribution in [-0.4, -0.2) is 43.1 Å². The topological polar surface area (TPSA) is 127 Å². The summed E-state index contributed by atoms with van der Waals surface area (Å²) in [6.07, 6.45) is 1.50. The summed E-state index contributed by atoms with van der Waals surface area (Å²) >= 11 is 2.02. The predicted octanol–water partition coefficient (Wildman–Crippen LogP) is 3.80. The van der Waals surface area contributed by atoms with Crippen molar-refractivity contribution in [3.05, 3.63) is 66.4 Å². The van der Waals surface area contributed by atoms with Crippen molar-refractivity contribution in [2.24, 2.45) is 4.99 Å². The smallest absolute Gasteiger partial charge is 0.363 e. The van der Waals surface area contributed by atoms with Gasteiger partial charge in [-0.25, -0.2) is 14.6 Å². The molecule has 0 N–H and O–H groups in total. The standard InChI is InChI=1S/C22H19IN2O8/c1-4-31-19(26)11-32-20-15(23)8-13(10-18(20)30-3)9-16-22(27)33-21(24-16)14-6-5-7-17(12(14)2)25(28)29/h5-10H,4,11H2,1-3H3/b16-9-. The summed E-state index contributed by atoms with van der Waals surface area (Å²) < 4.78 is 21.6. The second-order valence-corrected chi connectivity index (χ2v) is 7.83. The Morgan fingerprint density at radius 2 is 2.09 bits per heavy atom. The third-order valence-corrected chi connectivity index (χ3v) is 5.35. The number of ether oxygens (including phenoxy) is 4. The van der Waals surface area contributed by atoms with E-state index in [4.69, 9.17) is 18.9 Å². The van der Waals surface area contributed by atoms with Crippen LogP contribution in [-0.2, 0) is 19.1 Å². The molecular weight excluding hydrogens is 547 g/mol. The van der Waals surface area contributed by atoms with Crippen molar-refractivity contribution in [3.63, 3.8) is 0 Å². The van der Waals surface area contributed by atoms with E-state index in [9.17, 15) is 19.7 Å². The third kappa shape index (κ3) is 5.48. The molecular formula is C22H19IN2O8. The van der Waals surface area contributed by atoms with E-state index in [1.807, 2.05) is 22.6 Å². The lowest BCUT2D eigenvalue weighted by atomic mass is 10.1. The highest BCUT2D eigenvalue weighted by Crippen LogP contribution is 2.35. The predicted molar refractivity (Wildman–Crippen MR) is 126 cm³/mol. The van der Waals surface area contributed by atoms with Crippen LogP contribution in [0.2, 0.25) is 0 Å². The molecule has 11 heteroatoms. The van der Waals surface area contributed by atoms with E-state index < -0.39 is 16.9 Å². The van der Waals surface area contributed by atoms with E-state index in [-0.39, 0.29) is 30.5 Å². The number of aliphatic imine (C=N–C) groups is 1. The summed E-state index contributed by atoms with van der Waals surface area (Å²) in [4.78, 5) is 38.9. The van der Waals surface area contributed by atoms with Gasteiger partial charge in [-0.2, -0.15) is 0 Å². The van der Waals surface area contributed by atoms with E-state index in [1.54, 1.807) is 32.0 Å². The first-order valence-electron chi connectivity index (χ1n) is 9.68. The number of esters is 2. The van der Waals surface area contributed by atoms with Gasteiger partial charge in [0.1, 0.15) is 0 Å². The molecule has 0 aromatic heterocycles. The molecule has 0 aliphatic carbocycles. The fourth-order valence-corrected chi connectivity index (χ4v) is 3.81. The highest BCUT2D eigenvalue weighted by molar-refractivity contribution is 14.1. The van der Waals surface area contributed by atoms with Crippen LogP contribution in [0.1, 0.15) is 23.6 Å². The number of cyclic esters (lactones) is 1. The van der Waals surface area contributed by atoms with Gasteiger partial charge >= 0.3 is 11.9 Å². The molecule has 0 bridgehead atoms. The summed E-state index contributed by atoms with van der Waals surface area (Å²) in [5.74, 6) is -0.494. The van der Waals surface area contributed by atoms with Gasteiger partial charge in [-0.1, -0.05) is 6.07 Å². The van der Waals surface area contributed by atoms with E-state index >= 15 is 0 Å². The van der Waals surface area contributed by atoms with Gasteiger partial charge in [-0.15, -0.1) is 0 Å². The molecule has 0 saturated carbocycles. The molecule has 0 atom stereocenters. The number of hydrogen-bond donors (Lipinski definition) is 0. The Labute approximate surface area is 202 Å². The number of hydrogen-bond acceptors (Lipinski definition) is 9. The number of benzene rings is 2. The first-order chi connectivity index (χ1) is 15.7. The van der Waals surface area contributed by atoms with Crippen LogP contribution in [0.5, 0.6) is 11.5 Å². The lowest BCUT2D eigenvalue weighted by molar-refractivity contribution is -0.385. The Morgan fingerprint density at radius 3 is 2.76 bits per heavy atom. The minimum Gasteiger partial charge on any atom is -0.493 e. The molecule has 0 saturated heterocycles. The highest BCUT2D eigenvalue weighted by Gasteiger charge is 2.27. The Morgan fingerprint density at radius 1 is 1.33 bits per heavy atom. The summed E-state index contributed by atoms with van der Waals surface area (Å²) in [5.41, 5.74) is 1.20. The minimum absolute atomic E-state index is 0.0106. The van der Waals surface area contributed by atoms with Crippen LogP contribution in [0.4, 0.5) is 5.69 Å². The van der Waals surface area contributed by atoms with Crippen LogP contribution < -0.4 is 9.47 Å². The van der Waals surface area contributed by atoms with Crippen molar-refractivity contribution >= 4 is 52.2 Å². The van der Waals surface area contributed by atoms with Gasteiger partial charge < -0.3 is 18.9 Å². The van der Waals surface area contributed by atoms with Crippen molar-refractivity contribution in [2.45, 2.75) is 13.8 Å². The van der Waals surface area contributed by atoms with Gasteiger partial charge in [0.25, 0.3) is 5.69 Å². The molecule has 0 spiro atoms. The number of carbonyl (C=O) groups is 2. The van der Waals surface area contributed by atoms with Crippen molar-refractivity contribution in [2.75, 3.05) is 20.3 Å². The van der Waals surface area contributed by atoms with Gasteiger partial charge in [0.2, 0.25) is 5.90 Å². The van der Waals surface area contributed by atoms with E-state index in [1.165, 1.54) is 25.3 Å². The van der Waals surface area contributed by atoms with Gasteiger partial charge in [-0.3, -0.25) is 10.1 Å². The molecule has 0 radical (unpaired) electrons. The molecule has 0 fully saturated rings. The van der Waals surface area contributed by atoms with Crippen molar-refractivity contribution in [3.8, 4) is 11.5 Å². The molecule has 0 unspecified atom stereocenters. The first-order valence-corrected chi connectivity index (χ1v) is 10.8. The Bertz CT molecular complexity index is 1190. The zero-order chi connectivity index (χ0) is 24.1. The lowest BCUT2D eigenvalue weighted by Crippen LogP contribution is -2.15. The maximum atomic E-state index is 12.4. The summed E-state index contributed by atoms with van der Waals surface area (Å²) in [5, 5.41) is 11.2. The van der Waals surface area contributed by atoms with Crippen molar-refractivity contribution in [1.82, 2.24) is 0 Å². The SMILES string of the molecule is CCOC(=O)COc1c(I)cc(/C=C2\N=C(c3cccc([N+](=O)[O-])c3C)OC2=O)cc1OC. The molecule has 2 aromatic carbocycles. The normalized spacial score (nSPS) is 14.0. The Balaban J connectivity index is 1.91. The molecule has 1 aliphatic heterocycles. The molecule has 0 amide bonds. The lowest BCUT2D eigenvalue weighted by Gasteiger charge is -2.13. The number of rotatable bonds is 8. The fraction of sp³-hybridized carbons (Fsp3) is 0.227. The second-order valence-electron chi connectivity index (χ2n) is 6.67. The van der Waals surface area contributed by atoms with Crippen molar-refractivity contribution < 1.29 is 33.5 Å². The minimum atomic E-state index is -0.687. The summed E-state index contributed by atoms with van der Waals surface area (Å²) in [6, 6.07) is 7.80. The molecule has 10 nitrogen and oxygen atoms in total. The van der Waals surface area contributed by atoms with Gasteiger partial charge in [0, 0.05) is 17.2 Å². The van der Waals surface area contributed by atoms with Gasteiger partial charge in [0.05, 0.1) is 22.2 Å². The molecule has 3 rings (SSSR count). The number of carbonyl (C=O) groups excluding carboxylic acids is 2. The van der Waals surface area contributed by atoms with E-state index in [2.05, 4.69) is 4.99 Å². The molecule has 33 heavy (non-hydrogen) atoms. The van der Waals surface area contributed by atoms with E-state index in [0.29, 0.717) is 31.8 Å². The first kappa shape index (κ1) is 24.2. The second kappa shape index (κ2) is 10.4. The number of methoxy groups -OCH3 is 1. The van der Waals surface area contributed by atoms with Crippen LogP contribution in [0.25, 0.3) is 6.08 Å². The number of halogens is 1. The Kier molecular flexibility index (Phi) is 7.63. The zero-order valence-electron chi connectivity index (χ0n) is 17.9. The zero-order valence-corrected chi connectivity index (χ0v) is 20.1. The van der Waals surface area contributed by atoms with Crippen LogP contribution in [0, 0.1) is 20.6 Å².